The van der Waals surface area contributed by atoms with Gasteiger partial charge in [0, 0.05) is 24.7 Å². The average Bonchev–Trinajstić information content (AvgIpc) is 2.48. The van der Waals surface area contributed by atoms with Crippen LogP contribution in [-0.4, -0.2) is 46.6 Å². The van der Waals surface area contributed by atoms with Gasteiger partial charge in [-0.15, -0.1) is 0 Å². The highest BCUT2D eigenvalue weighted by Crippen LogP contribution is 2.25. The van der Waals surface area contributed by atoms with E-state index in [0.717, 1.165) is 36.8 Å². The van der Waals surface area contributed by atoms with Crippen LogP contribution in [0.15, 0.2) is 18.2 Å². The SMILES string of the molecule is COc1ccc(COCC2CNCCO2)c(OC)c1. The summed E-state index contributed by atoms with van der Waals surface area (Å²) in [5.41, 5.74) is 1.01. The lowest BCUT2D eigenvalue weighted by Crippen LogP contribution is -2.40. The van der Waals surface area contributed by atoms with Crippen molar-refractivity contribution in [2.45, 2.75) is 12.7 Å². The molecule has 0 aliphatic carbocycles. The van der Waals surface area contributed by atoms with Crippen LogP contribution in [0, 0.1) is 0 Å². The summed E-state index contributed by atoms with van der Waals surface area (Å²) in [6.07, 6.45) is 0.137. The molecule has 1 fully saturated rings. The van der Waals surface area contributed by atoms with E-state index in [1.165, 1.54) is 0 Å². The van der Waals surface area contributed by atoms with Gasteiger partial charge in [-0.1, -0.05) is 0 Å². The highest BCUT2D eigenvalue weighted by molar-refractivity contribution is 5.40. The van der Waals surface area contributed by atoms with Gasteiger partial charge in [0.05, 0.1) is 40.1 Å². The minimum atomic E-state index is 0.137. The number of benzene rings is 1. The first-order valence-electron chi connectivity index (χ1n) is 6.44. The molecule has 106 valence electrons. The lowest BCUT2D eigenvalue weighted by Gasteiger charge is -2.23. The highest BCUT2D eigenvalue weighted by Gasteiger charge is 2.13. The number of morpholine rings is 1. The van der Waals surface area contributed by atoms with Crippen molar-refractivity contribution >= 4 is 0 Å². The number of nitrogens with one attached hydrogen (secondary N) is 1. The first kappa shape index (κ1) is 14.1. The zero-order valence-corrected chi connectivity index (χ0v) is 11.5. The van der Waals surface area contributed by atoms with Gasteiger partial charge in [-0.2, -0.15) is 0 Å². The van der Waals surface area contributed by atoms with Gasteiger partial charge in [-0.25, -0.2) is 0 Å². The third-order valence-electron chi connectivity index (χ3n) is 3.06. The normalized spacial score (nSPS) is 19.2. The largest absolute Gasteiger partial charge is 0.497 e. The summed E-state index contributed by atoms with van der Waals surface area (Å²) >= 11 is 0. The van der Waals surface area contributed by atoms with Crippen molar-refractivity contribution < 1.29 is 18.9 Å². The summed E-state index contributed by atoms with van der Waals surface area (Å²) in [6, 6.07) is 5.72. The van der Waals surface area contributed by atoms with E-state index in [0.29, 0.717) is 13.2 Å². The second-order valence-electron chi connectivity index (χ2n) is 4.39. The Bertz CT molecular complexity index is 391. The molecule has 19 heavy (non-hydrogen) atoms. The molecule has 0 spiro atoms. The fourth-order valence-electron chi connectivity index (χ4n) is 2.00. The maximum atomic E-state index is 5.69. The minimum Gasteiger partial charge on any atom is -0.497 e. The summed E-state index contributed by atoms with van der Waals surface area (Å²) < 4.78 is 21.7. The molecule has 1 aromatic carbocycles. The van der Waals surface area contributed by atoms with Gasteiger partial charge in [0.1, 0.15) is 11.5 Å². The molecular weight excluding hydrogens is 246 g/mol. The number of rotatable bonds is 6. The molecule has 0 radical (unpaired) electrons. The van der Waals surface area contributed by atoms with Crippen LogP contribution in [-0.2, 0) is 16.1 Å². The standard InChI is InChI=1S/C14H21NO4/c1-16-12-4-3-11(14(7-12)17-2)9-18-10-13-8-15-5-6-19-13/h3-4,7,13,15H,5-6,8-10H2,1-2H3. The molecule has 1 atom stereocenters. The third kappa shape index (κ3) is 4.09. The summed E-state index contributed by atoms with van der Waals surface area (Å²) in [5, 5.41) is 3.27. The van der Waals surface area contributed by atoms with E-state index >= 15 is 0 Å². The van der Waals surface area contributed by atoms with E-state index in [9.17, 15) is 0 Å². The maximum Gasteiger partial charge on any atom is 0.128 e. The molecule has 1 aliphatic rings. The first-order valence-corrected chi connectivity index (χ1v) is 6.44. The number of methoxy groups -OCH3 is 2. The number of ether oxygens (including phenoxy) is 4. The van der Waals surface area contributed by atoms with Crippen LogP contribution in [0.2, 0.25) is 0 Å². The van der Waals surface area contributed by atoms with Crippen molar-refractivity contribution in [1.82, 2.24) is 5.32 Å². The molecule has 1 aliphatic heterocycles. The molecule has 1 aromatic rings. The van der Waals surface area contributed by atoms with Gasteiger partial charge in [-0.3, -0.25) is 0 Å². The highest BCUT2D eigenvalue weighted by atomic mass is 16.5. The molecule has 0 bridgehead atoms. The van der Waals surface area contributed by atoms with Crippen molar-refractivity contribution in [1.29, 1.82) is 0 Å². The zero-order chi connectivity index (χ0) is 13.5. The zero-order valence-electron chi connectivity index (χ0n) is 11.5. The summed E-state index contributed by atoms with van der Waals surface area (Å²) in [4.78, 5) is 0. The predicted octanol–water partition coefficient (Wildman–Crippen LogP) is 1.21. The molecule has 0 amide bonds. The third-order valence-corrected chi connectivity index (χ3v) is 3.06. The Morgan fingerprint density at radius 1 is 1.32 bits per heavy atom. The molecule has 5 nitrogen and oxygen atoms in total. The van der Waals surface area contributed by atoms with Gasteiger partial charge in [0.15, 0.2) is 0 Å². The Labute approximate surface area is 113 Å². The van der Waals surface area contributed by atoms with Crippen LogP contribution < -0.4 is 14.8 Å². The molecule has 1 N–H and O–H groups in total. The van der Waals surface area contributed by atoms with Crippen molar-refractivity contribution in [3.8, 4) is 11.5 Å². The summed E-state index contributed by atoms with van der Waals surface area (Å²) in [6.45, 7) is 3.61. The van der Waals surface area contributed by atoms with E-state index in [4.69, 9.17) is 18.9 Å². The van der Waals surface area contributed by atoms with E-state index in [2.05, 4.69) is 5.32 Å². The Morgan fingerprint density at radius 2 is 2.21 bits per heavy atom. The minimum absolute atomic E-state index is 0.137. The Morgan fingerprint density at radius 3 is 2.89 bits per heavy atom. The van der Waals surface area contributed by atoms with Crippen LogP contribution >= 0.6 is 0 Å². The molecule has 2 rings (SSSR count). The van der Waals surface area contributed by atoms with E-state index in [1.54, 1.807) is 14.2 Å². The molecule has 1 heterocycles. The molecule has 0 aromatic heterocycles. The Hall–Kier alpha value is -1.30. The Kier molecular flexibility index (Phi) is 5.44. The molecule has 5 heteroatoms. The number of hydrogen-bond donors (Lipinski definition) is 1. The van der Waals surface area contributed by atoms with Crippen molar-refractivity contribution in [3.05, 3.63) is 23.8 Å². The van der Waals surface area contributed by atoms with Crippen LogP contribution in [0.4, 0.5) is 0 Å². The van der Waals surface area contributed by atoms with Crippen LogP contribution in [0.1, 0.15) is 5.56 Å². The maximum absolute atomic E-state index is 5.69. The summed E-state index contributed by atoms with van der Waals surface area (Å²) in [7, 11) is 3.28. The second kappa shape index (κ2) is 7.33. The van der Waals surface area contributed by atoms with Gasteiger partial charge in [0.25, 0.3) is 0 Å². The van der Waals surface area contributed by atoms with Gasteiger partial charge in [0.2, 0.25) is 0 Å². The molecule has 1 saturated heterocycles. The van der Waals surface area contributed by atoms with Gasteiger partial charge in [-0.05, 0) is 12.1 Å². The van der Waals surface area contributed by atoms with Crippen molar-refractivity contribution in [2.24, 2.45) is 0 Å². The lowest BCUT2D eigenvalue weighted by atomic mass is 10.2. The molecule has 1 unspecified atom stereocenters. The fourth-order valence-corrected chi connectivity index (χ4v) is 2.00. The van der Waals surface area contributed by atoms with E-state index in [-0.39, 0.29) is 6.10 Å². The lowest BCUT2D eigenvalue weighted by molar-refractivity contribution is -0.0360. The topological polar surface area (TPSA) is 49.0 Å². The molecular formula is C14H21NO4. The number of hydrogen-bond acceptors (Lipinski definition) is 5. The van der Waals surface area contributed by atoms with Gasteiger partial charge >= 0.3 is 0 Å². The summed E-state index contributed by atoms with van der Waals surface area (Å²) in [5.74, 6) is 1.56. The first-order chi connectivity index (χ1) is 9.33. The fraction of sp³-hybridized carbons (Fsp3) is 0.571. The van der Waals surface area contributed by atoms with Crippen LogP contribution in [0.3, 0.4) is 0 Å². The quantitative estimate of drug-likeness (QED) is 0.839. The van der Waals surface area contributed by atoms with E-state index in [1.807, 2.05) is 18.2 Å². The Balaban J connectivity index is 1.84. The second-order valence-corrected chi connectivity index (χ2v) is 4.39. The van der Waals surface area contributed by atoms with Crippen molar-refractivity contribution in [2.75, 3.05) is 40.5 Å². The molecule has 0 saturated carbocycles. The van der Waals surface area contributed by atoms with Crippen molar-refractivity contribution in [3.63, 3.8) is 0 Å². The van der Waals surface area contributed by atoms with Gasteiger partial charge < -0.3 is 24.3 Å². The van der Waals surface area contributed by atoms with Crippen LogP contribution in [0.25, 0.3) is 0 Å². The monoisotopic (exact) mass is 267 g/mol. The predicted molar refractivity (Wildman–Crippen MR) is 71.8 cm³/mol. The van der Waals surface area contributed by atoms with E-state index < -0.39 is 0 Å². The average molecular weight is 267 g/mol. The smallest absolute Gasteiger partial charge is 0.128 e. The van der Waals surface area contributed by atoms with Crippen LogP contribution in [0.5, 0.6) is 11.5 Å².